The lowest BCUT2D eigenvalue weighted by Gasteiger charge is -2.28. The van der Waals surface area contributed by atoms with E-state index < -0.39 is 13.1 Å². The number of hydrogen-bond donors (Lipinski definition) is 1. The molecule has 5 nitrogen and oxygen atoms in total. The zero-order valence-corrected chi connectivity index (χ0v) is 15.2. The number of halogens is 3. The van der Waals surface area contributed by atoms with Gasteiger partial charge in [-0.3, -0.25) is 4.57 Å². The molecule has 9 heteroatoms. The summed E-state index contributed by atoms with van der Waals surface area (Å²) >= 11 is 11.3. The third-order valence-electron chi connectivity index (χ3n) is 2.52. The number of rotatable bonds is 8. The number of likely N-dealkylation sites (N-methyl/N-ethyl adjacent to an activating group) is 1. The summed E-state index contributed by atoms with van der Waals surface area (Å²) in [5.74, 6) is 0. The van der Waals surface area contributed by atoms with Crippen LogP contribution in [0, 0.1) is 0 Å². The van der Waals surface area contributed by atoms with Gasteiger partial charge in [0, 0.05) is 5.54 Å². The maximum absolute atomic E-state index is 11.8. The van der Waals surface area contributed by atoms with Gasteiger partial charge in [-0.1, -0.05) is 0 Å². The van der Waals surface area contributed by atoms with Gasteiger partial charge >= 0.3 is 7.60 Å². The van der Waals surface area contributed by atoms with Gasteiger partial charge in [-0.2, -0.15) is 0 Å². The molecule has 0 aliphatic heterocycles. The van der Waals surface area contributed by atoms with E-state index in [2.05, 4.69) is 0 Å². The Hall–Kier alpha value is 0.940. The molecule has 19 heavy (non-hydrogen) atoms. The van der Waals surface area contributed by atoms with Crippen LogP contribution in [0.15, 0.2) is 0 Å². The van der Waals surface area contributed by atoms with Crippen molar-refractivity contribution in [3.8, 4) is 0 Å². The molecule has 0 spiro atoms. The summed E-state index contributed by atoms with van der Waals surface area (Å²) in [5.41, 5.74) is -0.565. The summed E-state index contributed by atoms with van der Waals surface area (Å²) in [7, 11) is 2.41. The first-order valence-corrected chi connectivity index (χ1v) is 8.18. The predicted octanol–water partition coefficient (Wildman–Crippen LogP) is -0.323. The largest absolute Gasteiger partial charge is 1.00 e. The predicted molar refractivity (Wildman–Crippen MR) is 75.8 cm³/mol. The second-order valence-electron chi connectivity index (χ2n) is 6.00. The number of quaternary nitrogens is 1. The van der Waals surface area contributed by atoms with E-state index in [4.69, 9.17) is 28.1 Å². The zero-order valence-electron chi connectivity index (χ0n) is 12.1. The van der Waals surface area contributed by atoms with Crippen LogP contribution in [0.2, 0.25) is 0 Å². The van der Waals surface area contributed by atoms with Crippen LogP contribution < -0.4 is 12.4 Å². The van der Waals surface area contributed by atoms with Crippen LogP contribution >= 0.6 is 31.1 Å². The second-order valence-corrected chi connectivity index (χ2v) is 8.83. The minimum Gasteiger partial charge on any atom is -1.00 e. The van der Waals surface area contributed by atoms with Crippen LogP contribution in [0.4, 0.5) is 0 Å². The minimum absolute atomic E-state index is 0. The monoisotopic (exact) mass is 356 g/mol. The zero-order chi connectivity index (χ0) is 14.6. The third kappa shape index (κ3) is 11.3. The Kier molecular flexibility index (Phi) is 9.82. The van der Waals surface area contributed by atoms with Crippen LogP contribution in [-0.4, -0.2) is 59.3 Å². The van der Waals surface area contributed by atoms with E-state index in [1.807, 2.05) is 21.1 Å². The van der Waals surface area contributed by atoms with Gasteiger partial charge < -0.3 is 26.3 Å². The highest BCUT2D eigenvalue weighted by Crippen LogP contribution is 2.44. The molecule has 0 saturated heterocycles. The van der Waals surface area contributed by atoms with Gasteiger partial charge in [-0.05, 0) is 43.8 Å². The fourth-order valence-electron chi connectivity index (χ4n) is 1.02. The molecule has 1 unspecified atom stereocenters. The number of hydrogen-bond acceptors (Lipinski definition) is 3. The lowest BCUT2D eigenvalue weighted by molar-refractivity contribution is -0.870. The standard InChI is InChI=1S/C10H23Cl2N2O3P.ClH/c1-10(2,13(11)12)6-9-18(15,16)17-8-7-14(3,4)5;/h6-9H2,1-5H3;1H. The maximum Gasteiger partial charge on any atom is 0.328 e. The molecule has 0 aliphatic rings. The van der Waals surface area contributed by atoms with E-state index in [0.717, 1.165) is 3.94 Å². The summed E-state index contributed by atoms with van der Waals surface area (Å²) in [5, 5.41) is 0. The molecule has 0 bridgehead atoms. The normalized spacial score (nSPS) is 16.1. The first-order chi connectivity index (χ1) is 7.86. The van der Waals surface area contributed by atoms with Crippen molar-refractivity contribution in [2.75, 3.05) is 40.5 Å². The molecule has 0 radical (unpaired) electrons. The fraction of sp³-hybridized carbons (Fsp3) is 1.00. The van der Waals surface area contributed by atoms with Crippen LogP contribution in [0.5, 0.6) is 0 Å². The molecule has 0 aromatic rings. The van der Waals surface area contributed by atoms with Crippen molar-refractivity contribution in [1.82, 2.24) is 3.94 Å². The van der Waals surface area contributed by atoms with Crippen LogP contribution in [-0.2, 0) is 9.09 Å². The summed E-state index contributed by atoms with van der Waals surface area (Å²) in [4.78, 5) is 9.68. The Morgan fingerprint density at radius 3 is 2.16 bits per heavy atom. The minimum atomic E-state index is -3.57. The molecular formula is C10H24Cl3N2O3P. The highest BCUT2D eigenvalue weighted by molar-refractivity contribution is 7.52. The van der Waals surface area contributed by atoms with Crippen molar-refractivity contribution in [3.63, 3.8) is 0 Å². The van der Waals surface area contributed by atoms with Crippen molar-refractivity contribution < 1.29 is 30.9 Å². The molecule has 0 aromatic heterocycles. The average Bonchev–Trinajstić information content (AvgIpc) is 2.12. The average molecular weight is 358 g/mol. The summed E-state index contributed by atoms with van der Waals surface area (Å²) in [6.07, 6.45) is 0.408. The Morgan fingerprint density at radius 1 is 1.32 bits per heavy atom. The molecule has 0 aliphatic carbocycles. The molecule has 0 heterocycles. The highest BCUT2D eigenvalue weighted by atomic mass is 35.5. The molecular weight excluding hydrogens is 333 g/mol. The molecule has 0 rings (SSSR count). The van der Waals surface area contributed by atoms with E-state index in [0.29, 0.717) is 17.4 Å². The lowest BCUT2D eigenvalue weighted by atomic mass is 10.0. The summed E-state index contributed by atoms with van der Waals surface area (Å²) < 4.78 is 18.5. The number of nitrogens with zero attached hydrogens (tertiary/aromatic N) is 2. The first kappa shape index (κ1) is 22.2. The van der Waals surface area contributed by atoms with Gasteiger partial charge in [-0.15, -0.1) is 3.94 Å². The van der Waals surface area contributed by atoms with Gasteiger partial charge in [0.05, 0.1) is 27.3 Å². The quantitative estimate of drug-likeness (QED) is 0.367. The van der Waals surface area contributed by atoms with Gasteiger partial charge in [0.2, 0.25) is 0 Å². The van der Waals surface area contributed by atoms with Crippen LogP contribution in [0.1, 0.15) is 20.3 Å². The molecule has 1 atom stereocenters. The first-order valence-electron chi connectivity index (χ1n) is 5.74. The van der Waals surface area contributed by atoms with E-state index in [1.165, 1.54) is 0 Å². The van der Waals surface area contributed by atoms with Gasteiger partial charge in [-0.25, -0.2) is 0 Å². The van der Waals surface area contributed by atoms with Crippen LogP contribution in [0.25, 0.3) is 0 Å². The Labute approximate surface area is 132 Å². The van der Waals surface area contributed by atoms with Crippen molar-refractivity contribution in [2.45, 2.75) is 25.8 Å². The van der Waals surface area contributed by atoms with Crippen molar-refractivity contribution >= 4 is 31.1 Å². The van der Waals surface area contributed by atoms with Crippen molar-refractivity contribution in [1.29, 1.82) is 0 Å². The van der Waals surface area contributed by atoms with Gasteiger partial charge in [0.25, 0.3) is 0 Å². The van der Waals surface area contributed by atoms with Crippen molar-refractivity contribution in [2.24, 2.45) is 0 Å². The van der Waals surface area contributed by atoms with E-state index in [9.17, 15) is 9.46 Å². The SMILES string of the molecule is CC(C)(CCP(=O)(O)OCC[N+](C)(C)C)N(Cl)Cl.[Cl-]. The Morgan fingerprint density at radius 2 is 1.79 bits per heavy atom. The lowest BCUT2D eigenvalue weighted by Crippen LogP contribution is -3.00. The molecule has 0 fully saturated rings. The Bertz CT molecular complexity index is 309. The van der Waals surface area contributed by atoms with Crippen molar-refractivity contribution in [3.05, 3.63) is 0 Å². The molecule has 0 amide bonds. The topological polar surface area (TPSA) is 49.8 Å². The van der Waals surface area contributed by atoms with Gasteiger partial charge in [0.15, 0.2) is 0 Å². The third-order valence-corrected chi connectivity index (χ3v) is 4.81. The second kappa shape index (κ2) is 8.40. The molecule has 0 saturated carbocycles. The van der Waals surface area contributed by atoms with E-state index in [1.54, 1.807) is 13.8 Å². The molecule has 0 aromatic carbocycles. The molecule has 118 valence electrons. The smallest absolute Gasteiger partial charge is 0.328 e. The van der Waals surface area contributed by atoms with Gasteiger partial charge in [0.1, 0.15) is 13.2 Å². The van der Waals surface area contributed by atoms with Crippen LogP contribution in [0.3, 0.4) is 0 Å². The summed E-state index contributed by atoms with van der Waals surface area (Å²) in [6.45, 7) is 4.51. The van der Waals surface area contributed by atoms with E-state index >= 15 is 0 Å². The Balaban J connectivity index is 0. The maximum atomic E-state index is 11.8. The molecule has 1 N–H and O–H groups in total. The fourth-order valence-corrected chi connectivity index (χ4v) is 2.52. The highest BCUT2D eigenvalue weighted by Gasteiger charge is 2.30. The summed E-state index contributed by atoms with van der Waals surface area (Å²) in [6, 6.07) is 0. The van der Waals surface area contributed by atoms with E-state index in [-0.39, 0.29) is 25.2 Å².